The Labute approximate surface area is 194 Å². The largest absolute Gasteiger partial charge is 0.481 e. The van der Waals surface area contributed by atoms with E-state index in [-0.39, 0.29) is 12.0 Å². The maximum atomic E-state index is 12.6. The molecule has 0 radical (unpaired) electrons. The minimum absolute atomic E-state index is 0.0682. The van der Waals surface area contributed by atoms with Crippen molar-refractivity contribution >= 4 is 22.9 Å². The van der Waals surface area contributed by atoms with Crippen LogP contribution in [0.5, 0.6) is 0 Å². The number of carboxylic acids is 1. The van der Waals surface area contributed by atoms with Gasteiger partial charge in [-0.15, -0.1) is 0 Å². The van der Waals surface area contributed by atoms with Crippen LogP contribution in [0.1, 0.15) is 56.4 Å². The molecule has 1 saturated heterocycles. The number of benzene rings is 1. The van der Waals surface area contributed by atoms with Gasteiger partial charge < -0.3 is 15.1 Å². The summed E-state index contributed by atoms with van der Waals surface area (Å²) < 4.78 is 0. The molecule has 0 atom stereocenters. The monoisotopic (exact) mass is 447 g/mol. The Morgan fingerprint density at radius 1 is 1.12 bits per heavy atom. The maximum Gasteiger partial charge on any atom is 0.303 e. The zero-order valence-electron chi connectivity index (χ0n) is 19.5. The van der Waals surface area contributed by atoms with Gasteiger partial charge >= 0.3 is 5.97 Å². The van der Waals surface area contributed by atoms with Crippen LogP contribution in [0.3, 0.4) is 0 Å². The number of nitrogens with zero attached hydrogens (tertiary/aromatic N) is 1. The van der Waals surface area contributed by atoms with Gasteiger partial charge in [0.05, 0.1) is 11.3 Å². The van der Waals surface area contributed by atoms with Crippen LogP contribution in [-0.2, 0) is 17.8 Å². The highest BCUT2D eigenvalue weighted by atomic mass is 16.4. The number of H-pyrrole nitrogens is 2. The van der Waals surface area contributed by atoms with E-state index in [1.807, 2.05) is 26.0 Å². The first kappa shape index (κ1) is 23.1. The van der Waals surface area contributed by atoms with E-state index in [9.17, 15) is 9.59 Å². The third kappa shape index (κ3) is 5.28. The Morgan fingerprint density at radius 2 is 1.91 bits per heavy atom. The Balaban J connectivity index is 0.00000126. The molecule has 1 aromatic carbocycles. The van der Waals surface area contributed by atoms with Crippen molar-refractivity contribution in [1.82, 2.24) is 14.9 Å². The summed E-state index contributed by atoms with van der Waals surface area (Å²) >= 11 is 0. The number of nitrogens with one attached hydrogen (secondary N) is 2. The van der Waals surface area contributed by atoms with E-state index < -0.39 is 5.97 Å². The zero-order valence-corrected chi connectivity index (χ0v) is 19.5. The van der Waals surface area contributed by atoms with Crippen molar-refractivity contribution in [2.24, 2.45) is 5.92 Å². The van der Waals surface area contributed by atoms with Gasteiger partial charge in [-0.25, -0.2) is 0 Å². The molecule has 33 heavy (non-hydrogen) atoms. The second kappa shape index (κ2) is 10.2. The number of aryl methyl sites for hydroxylation is 1. The number of carboxylic acid groups (broad SMARTS) is 1. The Hall–Kier alpha value is -3.12. The number of hydrogen-bond acceptors (Lipinski definition) is 3. The molecule has 0 saturated carbocycles. The molecule has 3 N–H and O–H groups in total. The van der Waals surface area contributed by atoms with E-state index in [1.165, 1.54) is 11.1 Å². The van der Waals surface area contributed by atoms with Gasteiger partial charge in [0.15, 0.2) is 0 Å². The summed E-state index contributed by atoms with van der Waals surface area (Å²) in [5.41, 5.74) is 5.83. The summed E-state index contributed by atoms with van der Waals surface area (Å²) in [5.74, 6) is -0.393. The van der Waals surface area contributed by atoms with Crippen LogP contribution in [0.4, 0.5) is 0 Å². The Morgan fingerprint density at radius 3 is 2.67 bits per heavy atom. The van der Waals surface area contributed by atoms with Gasteiger partial charge in [-0.1, -0.05) is 26.0 Å². The van der Waals surface area contributed by atoms with Crippen LogP contribution in [0.15, 0.2) is 41.2 Å². The van der Waals surface area contributed by atoms with E-state index >= 15 is 0 Å². The molecule has 3 aromatic rings. The quantitative estimate of drug-likeness (QED) is 0.502. The summed E-state index contributed by atoms with van der Waals surface area (Å²) in [7, 11) is 0. The molecular formula is C27H33N3O3. The van der Waals surface area contributed by atoms with Gasteiger partial charge in [-0.05, 0) is 86.2 Å². The standard InChI is InChI=1S/C25H27N3O3.C2H6/c29-24(30)12-16-7-9-28(10-8-16)15-17-5-6-22-19(11-17)14-23(26-22)20-13-18-3-1-2-4-21(18)27-25(20)31;1-2/h2,4-6,11,13-14,16,26H,1,3,7-10,12,15H2,(H,27,31)(H,29,30);1-2H3. The van der Waals surface area contributed by atoms with E-state index in [2.05, 4.69) is 45.2 Å². The van der Waals surface area contributed by atoms with Crippen LogP contribution in [0.2, 0.25) is 0 Å². The number of fused-ring (bicyclic) bond motifs is 2. The van der Waals surface area contributed by atoms with Crippen molar-refractivity contribution in [3.8, 4) is 11.3 Å². The first-order valence-electron chi connectivity index (χ1n) is 12.0. The first-order valence-corrected chi connectivity index (χ1v) is 12.0. The fraction of sp³-hybridized carbons (Fsp3) is 0.407. The predicted octanol–water partition coefficient (Wildman–Crippen LogP) is 5.20. The summed E-state index contributed by atoms with van der Waals surface area (Å²) in [6, 6.07) is 10.5. The lowest BCUT2D eigenvalue weighted by molar-refractivity contribution is -0.138. The molecule has 174 valence electrons. The molecule has 0 spiro atoms. The lowest BCUT2D eigenvalue weighted by Crippen LogP contribution is -2.33. The molecule has 0 bridgehead atoms. The van der Waals surface area contributed by atoms with Crippen LogP contribution in [0, 0.1) is 5.92 Å². The fourth-order valence-electron chi connectivity index (χ4n) is 4.86. The molecule has 5 rings (SSSR count). The summed E-state index contributed by atoms with van der Waals surface area (Å²) in [6.07, 6.45) is 8.20. The molecule has 1 aliphatic carbocycles. The average molecular weight is 448 g/mol. The lowest BCUT2D eigenvalue weighted by Gasteiger charge is -2.31. The van der Waals surface area contributed by atoms with Crippen LogP contribution in [-0.4, -0.2) is 39.0 Å². The predicted molar refractivity (Wildman–Crippen MR) is 133 cm³/mol. The van der Waals surface area contributed by atoms with Gasteiger partial charge in [-0.3, -0.25) is 14.5 Å². The number of allylic oxidation sites excluding steroid dienone is 1. The van der Waals surface area contributed by atoms with Crippen molar-refractivity contribution in [1.29, 1.82) is 0 Å². The lowest BCUT2D eigenvalue weighted by atomic mass is 9.93. The highest BCUT2D eigenvalue weighted by molar-refractivity contribution is 5.86. The van der Waals surface area contributed by atoms with Crippen molar-refractivity contribution in [3.63, 3.8) is 0 Å². The maximum absolute atomic E-state index is 12.6. The molecule has 2 aromatic heterocycles. The number of carbonyl (C=O) groups is 1. The SMILES string of the molecule is CC.O=C(O)CC1CCN(Cc2ccc3[nH]c(-c4cc5c([nH]c4=O)C=CCC5)cc3c2)CC1. The van der Waals surface area contributed by atoms with E-state index in [1.54, 1.807) is 0 Å². The summed E-state index contributed by atoms with van der Waals surface area (Å²) in [6.45, 7) is 6.74. The third-order valence-electron chi connectivity index (χ3n) is 6.57. The molecule has 6 nitrogen and oxygen atoms in total. The van der Waals surface area contributed by atoms with Gasteiger partial charge in [0.25, 0.3) is 5.56 Å². The normalized spacial score (nSPS) is 16.3. The first-order chi connectivity index (χ1) is 16.0. The van der Waals surface area contributed by atoms with Crippen molar-refractivity contribution in [3.05, 3.63) is 63.6 Å². The summed E-state index contributed by atoms with van der Waals surface area (Å²) in [5, 5.41) is 10.1. The molecule has 2 aliphatic rings. The van der Waals surface area contributed by atoms with Gasteiger partial charge in [-0.2, -0.15) is 0 Å². The van der Waals surface area contributed by atoms with Crippen LogP contribution in [0.25, 0.3) is 28.2 Å². The number of piperidine rings is 1. The Kier molecular flexibility index (Phi) is 7.14. The second-order valence-electron chi connectivity index (χ2n) is 8.81. The molecule has 0 unspecified atom stereocenters. The molecule has 1 aliphatic heterocycles. The average Bonchev–Trinajstić information content (AvgIpc) is 3.24. The highest BCUT2D eigenvalue weighted by Crippen LogP contribution is 2.27. The molecule has 3 heterocycles. The van der Waals surface area contributed by atoms with Gasteiger partial charge in [0.1, 0.15) is 0 Å². The number of hydrogen-bond donors (Lipinski definition) is 3. The topological polar surface area (TPSA) is 89.2 Å². The van der Waals surface area contributed by atoms with Crippen molar-refractivity contribution in [2.75, 3.05) is 13.1 Å². The van der Waals surface area contributed by atoms with Gasteiger partial charge in [0.2, 0.25) is 0 Å². The second-order valence-corrected chi connectivity index (χ2v) is 8.81. The minimum Gasteiger partial charge on any atom is -0.481 e. The van der Waals surface area contributed by atoms with Crippen molar-refractivity contribution < 1.29 is 9.90 Å². The fourth-order valence-corrected chi connectivity index (χ4v) is 4.86. The highest BCUT2D eigenvalue weighted by Gasteiger charge is 2.21. The molecular weight excluding hydrogens is 414 g/mol. The van der Waals surface area contributed by atoms with Crippen LogP contribution >= 0.6 is 0 Å². The van der Waals surface area contributed by atoms with Crippen molar-refractivity contribution in [2.45, 2.75) is 52.5 Å². The number of aromatic amines is 2. The molecule has 6 heteroatoms. The van der Waals surface area contributed by atoms with E-state index in [0.29, 0.717) is 11.5 Å². The molecule has 0 amide bonds. The number of likely N-dealkylation sites (tertiary alicyclic amines) is 1. The smallest absolute Gasteiger partial charge is 0.303 e. The van der Waals surface area contributed by atoms with E-state index in [4.69, 9.17) is 5.11 Å². The number of rotatable bonds is 5. The Bertz CT molecular complexity index is 1210. The minimum atomic E-state index is -0.693. The third-order valence-corrected chi connectivity index (χ3v) is 6.57. The number of pyridine rings is 1. The van der Waals surface area contributed by atoms with E-state index in [0.717, 1.165) is 67.6 Å². The number of aromatic nitrogens is 2. The van der Waals surface area contributed by atoms with Gasteiger partial charge in [0, 0.05) is 29.6 Å². The molecule has 1 fully saturated rings. The summed E-state index contributed by atoms with van der Waals surface area (Å²) in [4.78, 5) is 32.4. The zero-order chi connectivity index (χ0) is 23.4. The van der Waals surface area contributed by atoms with Crippen LogP contribution < -0.4 is 5.56 Å². The number of aliphatic carboxylic acids is 1.